The van der Waals surface area contributed by atoms with Crippen LogP contribution in [0.2, 0.25) is 0 Å². The normalized spacial score (nSPS) is 11.8. The molecule has 0 amide bonds. The lowest BCUT2D eigenvalue weighted by Gasteiger charge is -2.09. The van der Waals surface area contributed by atoms with Gasteiger partial charge in [0, 0.05) is 23.2 Å². The van der Waals surface area contributed by atoms with E-state index in [1.165, 1.54) is 0 Å². The smallest absolute Gasteiger partial charge is 0.303 e. The van der Waals surface area contributed by atoms with Gasteiger partial charge < -0.3 is 4.98 Å². The van der Waals surface area contributed by atoms with Crippen molar-refractivity contribution < 1.29 is 13.2 Å². The summed E-state index contributed by atoms with van der Waals surface area (Å²) in [5.74, 6) is -1.31. The zero-order chi connectivity index (χ0) is 15.0. The Morgan fingerprint density at radius 2 is 1.90 bits per heavy atom. The molecule has 3 rings (SSSR count). The van der Waals surface area contributed by atoms with Gasteiger partial charge in [0.2, 0.25) is 5.82 Å². The lowest BCUT2D eigenvalue weighted by molar-refractivity contribution is -0.145. The monoisotopic (exact) mass is 291 g/mol. The molecule has 0 atom stereocenters. The van der Waals surface area contributed by atoms with Gasteiger partial charge in [-0.05, 0) is 12.1 Å². The first-order chi connectivity index (χ1) is 9.95. The van der Waals surface area contributed by atoms with E-state index in [-0.39, 0.29) is 5.69 Å². The SMILES string of the molecule is O=c1cc(-c2cccc3ncccc23)nc(C(F)(F)F)[nH]1. The molecule has 0 aliphatic heterocycles. The standard InChI is InChI=1S/C14H8F3N3O/c15-14(16,17)13-19-11(7-12(21)20-13)9-3-1-5-10-8(9)4-2-6-18-10/h1-7H,(H,19,20,21). The zero-order valence-electron chi connectivity index (χ0n) is 10.5. The van der Waals surface area contributed by atoms with Crippen molar-refractivity contribution in [2.45, 2.75) is 6.18 Å². The van der Waals surface area contributed by atoms with E-state index in [2.05, 4.69) is 9.97 Å². The summed E-state index contributed by atoms with van der Waals surface area (Å²) in [7, 11) is 0. The molecule has 0 unspecified atom stereocenters. The molecule has 2 heterocycles. The van der Waals surface area contributed by atoms with Crippen molar-refractivity contribution in [3.8, 4) is 11.3 Å². The second-order valence-electron chi connectivity index (χ2n) is 4.35. The van der Waals surface area contributed by atoms with E-state index in [0.29, 0.717) is 16.5 Å². The van der Waals surface area contributed by atoms with Crippen LogP contribution in [0.25, 0.3) is 22.2 Å². The molecule has 0 aliphatic rings. The number of pyridine rings is 1. The first-order valence-corrected chi connectivity index (χ1v) is 5.98. The number of nitrogens with one attached hydrogen (secondary N) is 1. The predicted molar refractivity (Wildman–Crippen MR) is 70.6 cm³/mol. The fourth-order valence-electron chi connectivity index (χ4n) is 2.06. The summed E-state index contributed by atoms with van der Waals surface area (Å²) in [6, 6.07) is 9.41. The molecule has 106 valence electrons. The minimum atomic E-state index is -4.71. The third kappa shape index (κ3) is 2.49. The number of halogens is 3. The molecule has 1 aromatic carbocycles. The number of fused-ring (bicyclic) bond motifs is 1. The average Bonchev–Trinajstić information content (AvgIpc) is 2.45. The third-order valence-electron chi connectivity index (χ3n) is 2.93. The van der Waals surface area contributed by atoms with Crippen LogP contribution in [0.5, 0.6) is 0 Å². The van der Waals surface area contributed by atoms with Crippen molar-refractivity contribution in [2.24, 2.45) is 0 Å². The van der Waals surface area contributed by atoms with Gasteiger partial charge in [-0.25, -0.2) is 4.98 Å². The van der Waals surface area contributed by atoms with Crippen LogP contribution in [0.3, 0.4) is 0 Å². The topological polar surface area (TPSA) is 58.6 Å². The van der Waals surface area contributed by atoms with Gasteiger partial charge in [-0.15, -0.1) is 0 Å². The molecule has 0 radical (unpaired) electrons. The molecule has 0 aliphatic carbocycles. The Balaban J connectivity index is 2.29. The van der Waals surface area contributed by atoms with E-state index in [1.807, 2.05) is 0 Å². The molecule has 3 aromatic rings. The highest BCUT2D eigenvalue weighted by molar-refractivity contribution is 5.93. The minimum absolute atomic E-state index is 0.0373. The average molecular weight is 291 g/mol. The lowest BCUT2D eigenvalue weighted by Crippen LogP contribution is -2.18. The van der Waals surface area contributed by atoms with Crippen molar-refractivity contribution in [3.05, 3.63) is 58.8 Å². The summed E-state index contributed by atoms with van der Waals surface area (Å²) < 4.78 is 38.2. The number of rotatable bonds is 1. The maximum atomic E-state index is 12.7. The van der Waals surface area contributed by atoms with E-state index < -0.39 is 17.6 Å². The fraction of sp³-hybridized carbons (Fsp3) is 0.0714. The summed E-state index contributed by atoms with van der Waals surface area (Å²) in [4.78, 5) is 20.8. The van der Waals surface area contributed by atoms with Gasteiger partial charge >= 0.3 is 6.18 Å². The van der Waals surface area contributed by atoms with Crippen molar-refractivity contribution in [2.75, 3.05) is 0 Å². The van der Waals surface area contributed by atoms with E-state index in [9.17, 15) is 18.0 Å². The van der Waals surface area contributed by atoms with Crippen molar-refractivity contribution in [1.82, 2.24) is 15.0 Å². The van der Waals surface area contributed by atoms with E-state index in [4.69, 9.17) is 0 Å². The van der Waals surface area contributed by atoms with Gasteiger partial charge in [0.15, 0.2) is 0 Å². The number of nitrogens with zero attached hydrogens (tertiary/aromatic N) is 2. The first-order valence-electron chi connectivity index (χ1n) is 5.98. The molecule has 0 spiro atoms. The first kappa shape index (κ1) is 13.3. The molecule has 4 nitrogen and oxygen atoms in total. The number of benzene rings is 1. The van der Waals surface area contributed by atoms with Crippen LogP contribution in [0.15, 0.2) is 47.4 Å². The Labute approximate surface area is 116 Å². The maximum absolute atomic E-state index is 12.7. The van der Waals surface area contributed by atoms with E-state index >= 15 is 0 Å². The summed E-state index contributed by atoms with van der Waals surface area (Å²) in [6.45, 7) is 0. The Kier molecular flexibility index (Phi) is 2.97. The van der Waals surface area contributed by atoms with Gasteiger partial charge in [0.05, 0.1) is 11.2 Å². The quantitative estimate of drug-likeness (QED) is 0.749. The predicted octanol–water partition coefficient (Wildman–Crippen LogP) is 3.00. The van der Waals surface area contributed by atoms with E-state index in [1.54, 1.807) is 41.5 Å². The highest BCUT2D eigenvalue weighted by Crippen LogP contribution is 2.29. The van der Waals surface area contributed by atoms with Crippen LogP contribution in [0, 0.1) is 0 Å². The molecular weight excluding hydrogens is 283 g/mol. The van der Waals surface area contributed by atoms with Crippen LogP contribution >= 0.6 is 0 Å². The number of hydrogen-bond donors (Lipinski definition) is 1. The molecule has 0 bridgehead atoms. The van der Waals surface area contributed by atoms with E-state index in [0.717, 1.165) is 6.07 Å². The van der Waals surface area contributed by atoms with Gasteiger partial charge in [-0.2, -0.15) is 13.2 Å². The van der Waals surface area contributed by atoms with Crippen LogP contribution in [0.4, 0.5) is 13.2 Å². The second-order valence-corrected chi connectivity index (χ2v) is 4.35. The number of alkyl halides is 3. The summed E-state index contributed by atoms with van der Waals surface area (Å²) >= 11 is 0. The van der Waals surface area contributed by atoms with Crippen molar-refractivity contribution >= 4 is 10.9 Å². The second kappa shape index (κ2) is 4.69. The molecule has 7 heteroatoms. The summed E-state index contributed by atoms with van der Waals surface area (Å²) in [6.07, 6.45) is -3.13. The molecular formula is C14H8F3N3O. The highest BCUT2D eigenvalue weighted by atomic mass is 19.4. The minimum Gasteiger partial charge on any atom is -0.303 e. The molecule has 21 heavy (non-hydrogen) atoms. The van der Waals surface area contributed by atoms with Crippen LogP contribution in [0.1, 0.15) is 5.82 Å². The Bertz CT molecular complexity index is 866. The van der Waals surface area contributed by atoms with Gasteiger partial charge in [0.25, 0.3) is 5.56 Å². The number of H-pyrrole nitrogens is 1. The number of aromatic amines is 1. The number of hydrogen-bond acceptors (Lipinski definition) is 3. The van der Waals surface area contributed by atoms with Gasteiger partial charge in [0.1, 0.15) is 0 Å². The molecule has 1 N–H and O–H groups in total. The van der Waals surface area contributed by atoms with Crippen LogP contribution < -0.4 is 5.56 Å². The van der Waals surface area contributed by atoms with Crippen LogP contribution in [-0.4, -0.2) is 15.0 Å². The largest absolute Gasteiger partial charge is 0.449 e. The Morgan fingerprint density at radius 3 is 2.67 bits per heavy atom. The fourth-order valence-corrected chi connectivity index (χ4v) is 2.06. The zero-order valence-corrected chi connectivity index (χ0v) is 10.5. The van der Waals surface area contributed by atoms with Gasteiger partial charge in [-0.1, -0.05) is 18.2 Å². The maximum Gasteiger partial charge on any atom is 0.449 e. The highest BCUT2D eigenvalue weighted by Gasteiger charge is 2.34. The lowest BCUT2D eigenvalue weighted by atomic mass is 10.1. The van der Waals surface area contributed by atoms with Crippen molar-refractivity contribution in [1.29, 1.82) is 0 Å². The molecule has 0 fully saturated rings. The summed E-state index contributed by atoms with van der Waals surface area (Å²) in [5.41, 5.74) is 0.153. The van der Waals surface area contributed by atoms with Crippen LogP contribution in [-0.2, 0) is 6.18 Å². The molecule has 2 aromatic heterocycles. The van der Waals surface area contributed by atoms with Crippen molar-refractivity contribution in [3.63, 3.8) is 0 Å². The molecule has 0 saturated heterocycles. The third-order valence-corrected chi connectivity index (χ3v) is 2.93. The Morgan fingerprint density at radius 1 is 1.10 bits per heavy atom. The Hall–Kier alpha value is -2.70. The molecule has 0 saturated carbocycles. The summed E-state index contributed by atoms with van der Waals surface area (Å²) in [5, 5.41) is 0.631. The number of aromatic nitrogens is 3. The van der Waals surface area contributed by atoms with Gasteiger partial charge in [-0.3, -0.25) is 9.78 Å².